The highest BCUT2D eigenvalue weighted by Crippen LogP contribution is 2.26. The van der Waals surface area contributed by atoms with Crippen molar-refractivity contribution in [2.24, 2.45) is 0 Å². The fraction of sp³-hybridized carbons (Fsp3) is 0.174. The van der Waals surface area contributed by atoms with Gasteiger partial charge < -0.3 is 24.5 Å². The van der Waals surface area contributed by atoms with Crippen LogP contribution in [0.5, 0.6) is 5.75 Å². The molecule has 0 fully saturated rings. The van der Waals surface area contributed by atoms with E-state index in [-0.39, 0.29) is 17.6 Å². The lowest BCUT2D eigenvalue weighted by molar-refractivity contribution is 0.0947. The molecular formula is C23H22BrN3O5S. The molecule has 2 aromatic carbocycles. The summed E-state index contributed by atoms with van der Waals surface area (Å²) in [6, 6.07) is 15.3. The lowest BCUT2D eigenvalue weighted by Crippen LogP contribution is -2.35. The number of thiocarbonyl (C=S) groups is 1. The third kappa shape index (κ3) is 7.14. The van der Waals surface area contributed by atoms with E-state index >= 15 is 0 Å². The van der Waals surface area contributed by atoms with E-state index in [1.54, 1.807) is 68.0 Å². The zero-order valence-electron chi connectivity index (χ0n) is 17.7. The lowest BCUT2D eigenvalue weighted by Gasteiger charge is -2.14. The summed E-state index contributed by atoms with van der Waals surface area (Å²) < 4.78 is 16.4. The van der Waals surface area contributed by atoms with Gasteiger partial charge in [0.05, 0.1) is 35.1 Å². The van der Waals surface area contributed by atoms with Crippen LogP contribution in [0.15, 0.2) is 69.8 Å². The third-order valence-electron chi connectivity index (χ3n) is 4.39. The number of para-hydroxylation sites is 1. The number of benzene rings is 2. The van der Waals surface area contributed by atoms with Gasteiger partial charge in [-0.15, -0.1) is 0 Å². The van der Waals surface area contributed by atoms with Crippen LogP contribution in [0.25, 0.3) is 0 Å². The summed E-state index contributed by atoms with van der Waals surface area (Å²) in [5.41, 5.74) is 1.22. The van der Waals surface area contributed by atoms with Crippen molar-refractivity contribution in [3.8, 4) is 5.75 Å². The number of carbonyl (C=O) groups is 2. The summed E-state index contributed by atoms with van der Waals surface area (Å²) in [4.78, 5) is 25.2. The third-order valence-corrected chi connectivity index (χ3v) is 5.21. The SMILES string of the molecule is COCCOc1ccc(C(=O)NC(=S)Nc2ccccc2C(=O)NCc2ccco2)cc1Br. The molecule has 8 nitrogen and oxygen atoms in total. The topological polar surface area (TPSA) is 102 Å². The fourth-order valence-electron chi connectivity index (χ4n) is 2.79. The van der Waals surface area contributed by atoms with E-state index in [0.717, 1.165) is 0 Å². The number of rotatable bonds is 9. The summed E-state index contributed by atoms with van der Waals surface area (Å²) in [5.74, 6) is 0.518. The molecule has 3 rings (SSSR count). The minimum atomic E-state index is -0.406. The number of furan rings is 1. The van der Waals surface area contributed by atoms with E-state index in [4.69, 9.17) is 26.1 Å². The van der Waals surface area contributed by atoms with Gasteiger partial charge in [0.2, 0.25) is 0 Å². The monoisotopic (exact) mass is 531 g/mol. The molecule has 0 spiro atoms. The van der Waals surface area contributed by atoms with E-state index in [2.05, 4.69) is 31.9 Å². The van der Waals surface area contributed by atoms with Crippen LogP contribution >= 0.6 is 28.1 Å². The summed E-state index contributed by atoms with van der Waals surface area (Å²) in [7, 11) is 1.59. The molecule has 1 heterocycles. The second-order valence-corrected chi connectivity index (χ2v) is 7.96. The van der Waals surface area contributed by atoms with Crippen molar-refractivity contribution in [2.45, 2.75) is 6.54 Å². The van der Waals surface area contributed by atoms with Gasteiger partial charge in [0.25, 0.3) is 11.8 Å². The fourth-order valence-corrected chi connectivity index (χ4v) is 3.48. The molecule has 10 heteroatoms. The largest absolute Gasteiger partial charge is 0.490 e. The Labute approximate surface area is 204 Å². The van der Waals surface area contributed by atoms with Crippen LogP contribution in [0.3, 0.4) is 0 Å². The van der Waals surface area contributed by atoms with E-state index in [9.17, 15) is 9.59 Å². The minimum absolute atomic E-state index is 0.0582. The second-order valence-electron chi connectivity index (χ2n) is 6.70. The van der Waals surface area contributed by atoms with Crippen molar-refractivity contribution in [3.63, 3.8) is 0 Å². The van der Waals surface area contributed by atoms with Crippen LogP contribution < -0.4 is 20.7 Å². The highest BCUT2D eigenvalue weighted by atomic mass is 79.9. The Bertz CT molecular complexity index is 1120. The Morgan fingerprint density at radius 2 is 1.88 bits per heavy atom. The van der Waals surface area contributed by atoms with Crippen LogP contribution in [-0.4, -0.2) is 37.3 Å². The van der Waals surface area contributed by atoms with Crippen LogP contribution in [0.4, 0.5) is 5.69 Å². The van der Waals surface area contributed by atoms with Crippen molar-refractivity contribution >= 4 is 50.8 Å². The van der Waals surface area contributed by atoms with Gasteiger partial charge in [-0.05, 0) is 70.6 Å². The van der Waals surface area contributed by atoms with Crippen molar-refractivity contribution in [1.82, 2.24) is 10.6 Å². The number of hydrogen-bond donors (Lipinski definition) is 3. The van der Waals surface area contributed by atoms with Gasteiger partial charge in [0.15, 0.2) is 5.11 Å². The molecule has 1 aromatic heterocycles. The highest BCUT2D eigenvalue weighted by Gasteiger charge is 2.15. The Kier molecular flexibility index (Phi) is 8.99. The van der Waals surface area contributed by atoms with Gasteiger partial charge in [-0.3, -0.25) is 14.9 Å². The normalized spacial score (nSPS) is 10.4. The Morgan fingerprint density at radius 3 is 2.61 bits per heavy atom. The lowest BCUT2D eigenvalue weighted by atomic mass is 10.1. The summed E-state index contributed by atoms with van der Waals surface area (Å²) in [6.45, 7) is 1.10. The van der Waals surface area contributed by atoms with Gasteiger partial charge in [0.1, 0.15) is 18.1 Å². The molecule has 0 saturated heterocycles. The molecule has 0 aliphatic carbocycles. The van der Waals surface area contributed by atoms with Crippen molar-refractivity contribution < 1.29 is 23.5 Å². The maximum Gasteiger partial charge on any atom is 0.257 e. The maximum absolute atomic E-state index is 12.6. The van der Waals surface area contributed by atoms with E-state index in [1.165, 1.54) is 0 Å². The summed E-state index contributed by atoms with van der Waals surface area (Å²) >= 11 is 8.67. The molecule has 0 unspecified atom stereocenters. The molecule has 2 amide bonds. The van der Waals surface area contributed by atoms with Gasteiger partial charge in [0, 0.05) is 12.7 Å². The summed E-state index contributed by atoms with van der Waals surface area (Å²) in [6.07, 6.45) is 1.54. The molecular weight excluding hydrogens is 510 g/mol. The van der Waals surface area contributed by atoms with Gasteiger partial charge in [-0.1, -0.05) is 12.1 Å². The summed E-state index contributed by atoms with van der Waals surface area (Å²) in [5, 5.41) is 8.37. The average Bonchev–Trinajstić information content (AvgIpc) is 3.32. The Hall–Kier alpha value is -3.21. The quantitative estimate of drug-likeness (QED) is 0.282. The number of halogens is 1. The van der Waals surface area contributed by atoms with Crippen LogP contribution in [0, 0.1) is 0 Å². The molecule has 0 atom stereocenters. The number of carbonyl (C=O) groups excluding carboxylic acids is 2. The first-order chi connectivity index (χ1) is 16.0. The van der Waals surface area contributed by atoms with Crippen LogP contribution in [-0.2, 0) is 11.3 Å². The zero-order valence-corrected chi connectivity index (χ0v) is 20.1. The van der Waals surface area contributed by atoms with Gasteiger partial charge >= 0.3 is 0 Å². The van der Waals surface area contributed by atoms with E-state index in [1.807, 2.05) is 0 Å². The number of anilines is 1. The van der Waals surface area contributed by atoms with Crippen molar-refractivity contribution in [3.05, 3.63) is 82.2 Å². The highest BCUT2D eigenvalue weighted by molar-refractivity contribution is 9.10. The first-order valence-electron chi connectivity index (χ1n) is 9.91. The van der Waals surface area contributed by atoms with Crippen LogP contribution in [0.1, 0.15) is 26.5 Å². The number of ether oxygens (including phenoxy) is 2. The van der Waals surface area contributed by atoms with Crippen molar-refractivity contribution in [1.29, 1.82) is 0 Å². The molecule has 3 aromatic rings. The molecule has 0 aliphatic rings. The average molecular weight is 532 g/mol. The molecule has 3 N–H and O–H groups in total. The van der Waals surface area contributed by atoms with E-state index in [0.29, 0.717) is 46.0 Å². The molecule has 172 valence electrons. The molecule has 0 aliphatic heterocycles. The zero-order chi connectivity index (χ0) is 23.6. The van der Waals surface area contributed by atoms with Gasteiger partial charge in [-0.25, -0.2) is 0 Å². The Morgan fingerprint density at radius 1 is 1.06 bits per heavy atom. The molecule has 0 saturated carbocycles. The molecule has 0 radical (unpaired) electrons. The molecule has 33 heavy (non-hydrogen) atoms. The number of methoxy groups -OCH3 is 1. The predicted octanol–water partition coefficient (Wildman–Crippen LogP) is 4.12. The first kappa shape index (κ1) is 24.4. The smallest absolute Gasteiger partial charge is 0.257 e. The second kappa shape index (κ2) is 12.1. The minimum Gasteiger partial charge on any atom is -0.490 e. The predicted molar refractivity (Wildman–Crippen MR) is 132 cm³/mol. The van der Waals surface area contributed by atoms with Crippen molar-refractivity contribution in [2.75, 3.05) is 25.6 Å². The van der Waals surface area contributed by atoms with E-state index < -0.39 is 5.91 Å². The number of hydrogen-bond acceptors (Lipinski definition) is 6. The number of nitrogens with one attached hydrogen (secondary N) is 3. The number of amides is 2. The standard InChI is InChI=1S/C23H22BrN3O5S/c1-30-11-12-32-20-9-8-15(13-18(20)24)21(28)27-23(33)26-19-7-3-2-6-17(19)22(29)25-14-16-5-4-10-31-16/h2-10,13H,11-12,14H2,1H3,(H,25,29)(H2,26,27,28,33). The maximum atomic E-state index is 12.6. The van der Waals surface area contributed by atoms with Gasteiger partial charge in [-0.2, -0.15) is 0 Å². The molecule has 0 bridgehead atoms. The Balaban J connectivity index is 1.60. The first-order valence-corrected chi connectivity index (χ1v) is 11.1. The van der Waals surface area contributed by atoms with Crippen LogP contribution in [0.2, 0.25) is 0 Å².